The summed E-state index contributed by atoms with van der Waals surface area (Å²) < 4.78 is 10.3. The normalized spacial score (nSPS) is 9.96. The summed E-state index contributed by atoms with van der Waals surface area (Å²) in [5.41, 5.74) is 7.00. The molecule has 126 valence electrons. The zero-order valence-corrected chi connectivity index (χ0v) is 13.7. The summed E-state index contributed by atoms with van der Waals surface area (Å²) >= 11 is 0. The van der Waals surface area contributed by atoms with Gasteiger partial charge in [0.25, 0.3) is 0 Å². The van der Waals surface area contributed by atoms with E-state index in [4.69, 9.17) is 15.2 Å². The number of rotatable bonds is 4. The Labute approximate surface area is 140 Å². The third kappa shape index (κ3) is 3.95. The van der Waals surface area contributed by atoms with E-state index in [2.05, 4.69) is 5.32 Å². The number of methoxy groups -OCH3 is 2. The van der Waals surface area contributed by atoms with E-state index in [-0.39, 0.29) is 0 Å². The molecule has 2 rings (SSSR count). The van der Waals surface area contributed by atoms with Gasteiger partial charge in [-0.15, -0.1) is 0 Å². The number of amides is 3. The number of carbonyl (C=O) groups excluding carboxylic acids is 2. The van der Waals surface area contributed by atoms with Crippen molar-refractivity contribution in [3.8, 4) is 11.5 Å². The Hall–Kier alpha value is -3.22. The highest BCUT2D eigenvalue weighted by Gasteiger charge is 2.21. The number of hydrogen-bond acceptors (Lipinski definition) is 5. The molecule has 0 bridgehead atoms. The summed E-state index contributed by atoms with van der Waals surface area (Å²) in [4.78, 5) is 25.4. The van der Waals surface area contributed by atoms with Crippen LogP contribution in [0.4, 0.5) is 21.9 Å². The number of nitrogens with zero attached hydrogens (tertiary/aromatic N) is 1. The van der Waals surface area contributed by atoms with Gasteiger partial charge in [-0.3, -0.25) is 4.79 Å². The van der Waals surface area contributed by atoms with Crippen LogP contribution < -0.4 is 25.4 Å². The first kappa shape index (κ1) is 17.1. The first-order chi connectivity index (χ1) is 11.4. The molecule has 24 heavy (non-hydrogen) atoms. The fourth-order valence-corrected chi connectivity index (χ4v) is 2.16. The molecule has 0 aliphatic rings. The van der Waals surface area contributed by atoms with E-state index in [1.807, 2.05) is 0 Å². The Kier molecular flexibility index (Phi) is 5.26. The Balaban J connectivity index is 2.30. The SMILES string of the molecule is COc1cc(NC(=O)N(C(C)=O)c2cccc(N)c2)cc(OC)c1. The van der Waals surface area contributed by atoms with Gasteiger partial charge in [-0.1, -0.05) is 6.07 Å². The topological polar surface area (TPSA) is 93.9 Å². The zero-order valence-electron chi connectivity index (χ0n) is 13.7. The van der Waals surface area contributed by atoms with Crippen LogP contribution in [0.15, 0.2) is 42.5 Å². The molecule has 0 atom stereocenters. The molecule has 0 unspecified atom stereocenters. The monoisotopic (exact) mass is 329 g/mol. The fraction of sp³-hybridized carbons (Fsp3) is 0.176. The molecule has 2 aromatic carbocycles. The maximum atomic E-state index is 12.5. The van der Waals surface area contributed by atoms with Crippen LogP contribution in [-0.4, -0.2) is 26.2 Å². The maximum absolute atomic E-state index is 12.5. The molecule has 7 nitrogen and oxygen atoms in total. The number of carbonyl (C=O) groups is 2. The molecule has 0 aliphatic heterocycles. The molecular formula is C17H19N3O4. The van der Waals surface area contributed by atoms with Crippen molar-refractivity contribution in [2.45, 2.75) is 6.92 Å². The van der Waals surface area contributed by atoms with Gasteiger partial charge in [0.2, 0.25) is 5.91 Å². The van der Waals surface area contributed by atoms with Crippen molar-refractivity contribution in [3.63, 3.8) is 0 Å². The summed E-state index contributed by atoms with van der Waals surface area (Å²) in [7, 11) is 3.02. The third-order valence-corrected chi connectivity index (χ3v) is 3.25. The number of anilines is 3. The largest absolute Gasteiger partial charge is 0.497 e. The molecule has 0 saturated carbocycles. The highest BCUT2D eigenvalue weighted by Crippen LogP contribution is 2.26. The van der Waals surface area contributed by atoms with Gasteiger partial charge in [-0.25, -0.2) is 9.69 Å². The second-order valence-corrected chi connectivity index (χ2v) is 4.98. The highest BCUT2D eigenvalue weighted by molar-refractivity contribution is 6.18. The highest BCUT2D eigenvalue weighted by atomic mass is 16.5. The second kappa shape index (κ2) is 7.36. The number of imide groups is 1. The Morgan fingerprint density at radius 2 is 1.67 bits per heavy atom. The minimum atomic E-state index is -0.608. The van der Waals surface area contributed by atoms with Gasteiger partial charge in [-0.05, 0) is 18.2 Å². The van der Waals surface area contributed by atoms with E-state index in [9.17, 15) is 9.59 Å². The molecule has 0 aliphatic carbocycles. The molecule has 0 heterocycles. The number of hydrogen-bond donors (Lipinski definition) is 2. The summed E-state index contributed by atoms with van der Waals surface area (Å²) in [5, 5.41) is 2.66. The van der Waals surface area contributed by atoms with Gasteiger partial charge in [-0.2, -0.15) is 0 Å². The Bertz CT molecular complexity index is 739. The van der Waals surface area contributed by atoms with Crippen molar-refractivity contribution in [2.24, 2.45) is 0 Å². The average Bonchev–Trinajstić information content (AvgIpc) is 2.54. The smallest absolute Gasteiger partial charge is 0.333 e. The lowest BCUT2D eigenvalue weighted by molar-refractivity contribution is -0.115. The lowest BCUT2D eigenvalue weighted by atomic mass is 10.2. The molecule has 0 saturated heterocycles. The van der Waals surface area contributed by atoms with Crippen LogP contribution in [0, 0.1) is 0 Å². The number of nitrogens with two attached hydrogens (primary N) is 1. The molecule has 0 spiro atoms. The molecule has 2 aromatic rings. The van der Waals surface area contributed by atoms with Gasteiger partial charge in [0.05, 0.1) is 19.9 Å². The minimum absolute atomic E-state index is 0.384. The third-order valence-electron chi connectivity index (χ3n) is 3.25. The van der Waals surface area contributed by atoms with Crippen molar-refractivity contribution in [3.05, 3.63) is 42.5 Å². The van der Waals surface area contributed by atoms with Gasteiger partial charge in [0.15, 0.2) is 0 Å². The van der Waals surface area contributed by atoms with Crippen LogP contribution in [0.3, 0.4) is 0 Å². The van der Waals surface area contributed by atoms with Gasteiger partial charge >= 0.3 is 6.03 Å². The lowest BCUT2D eigenvalue weighted by Gasteiger charge is -2.20. The fourth-order valence-electron chi connectivity index (χ4n) is 2.16. The first-order valence-electron chi connectivity index (χ1n) is 7.15. The summed E-state index contributed by atoms with van der Waals surface area (Å²) in [6, 6.07) is 10.8. The summed E-state index contributed by atoms with van der Waals surface area (Å²) in [6.07, 6.45) is 0. The van der Waals surface area contributed by atoms with Crippen molar-refractivity contribution < 1.29 is 19.1 Å². The molecule has 0 aromatic heterocycles. The van der Waals surface area contributed by atoms with Crippen LogP contribution in [-0.2, 0) is 4.79 Å². The predicted octanol–water partition coefficient (Wildman–Crippen LogP) is 2.87. The maximum Gasteiger partial charge on any atom is 0.333 e. The van der Waals surface area contributed by atoms with Gasteiger partial charge in [0.1, 0.15) is 11.5 Å². The predicted molar refractivity (Wildman–Crippen MR) is 92.6 cm³/mol. The van der Waals surface area contributed by atoms with E-state index >= 15 is 0 Å². The standard InChI is InChI=1S/C17H19N3O4/c1-11(21)20(14-6-4-5-12(18)7-14)17(22)19-13-8-15(23-2)10-16(9-13)24-3/h4-10H,18H2,1-3H3,(H,19,22). The minimum Gasteiger partial charge on any atom is -0.497 e. The number of benzene rings is 2. The average molecular weight is 329 g/mol. The van der Waals surface area contributed by atoms with Crippen LogP contribution in [0.5, 0.6) is 11.5 Å². The summed E-state index contributed by atoms with van der Waals surface area (Å²) in [5.74, 6) is 0.596. The number of nitrogens with one attached hydrogen (secondary N) is 1. The van der Waals surface area contributed by atoms with Crippen LogP contribution in [0.1, 0.15) is 6.92 Å². The first-order valence-corrected chi connectivity index (χ1v) is 7.15. The van der Waals surface area contributed by atoms with Crippen molar-refractivity contribution in [1.29, 1.82) is 0 Å². The molecule has 3 amide bonds. The zero-order chi connectivity index (χ0) is 17.7. The molecule has 0 fully saturated rings. The van der Waals surface area contributed by atoms with Crippen LogP contribution in [0.25, 0.3) is 0 Å². The van der Waals surface area contributed by atoms with Crippen molar-refractivity contribution in [1.82, 2.24) is 0 Å². The van der Waals surface area contributed by atoms with Crippen molar-refractivity contribution in [2.75, 3.05) is 30.2 Å². The molecule has 3 N–H and O–H groups in total. The van der Waals surface area contributed by atoms with Crippen molar-refractivity contribution >= 4 is 29.0 Å². The molecule has 0 radical (unpaired) electrons. The molecule has 7 heteroatoms. The number of ether oxygens (including phenoxy) is 2. The number of urea groups is 1. The quantitative estimate of drug-likeness (QED) is 0.841. The van der Waals surface area contributed by atoms with E-state index in [1.165, 1.54) is 21.1 Å². The Morgan fingerprint density at radius 3 is 2.17 bits per heavy atom. The van der Waals surface area contributed by atoms with Gasteiger partial charge < -0.3 is 20.5 Å². The summed E-state index contributed by atoms with van der Waals surface area (Å²) in [6.45, 7) is 1.30. The number of nitrogen functional groups attached to an aromatic ring is 1. The second-order valence-electron chi connectivity index (χ2n) is 4.98. The van der Waals surface area contributed by atoms with E-state index in [0.29, 0.717) is 28.6 Å². The lowest BCUT2D eigenvalue weighted by Crippen LogP contribution is -2.38. The van der Waals surface area contributed by atoms with Crippen LogP contribution in [0.2, 0.25) is 0 Å². The van der Waals surface area contributed by atoms with Gasteiger partial charge in [0, 0.05) is 36.5 Å². The van der Waals surface area contributed by atoms with E-state index < -0.39 is 11.9 Å². The van der Waals surface area contributed by atoms with E-state index in [1.54, 1.807) is 42.5 Å². The van der Waals surface area contributed by atoms with E-state index in [0.717, 1.165) is 4.90 Å². The molecular weight excluding hydrogens is 310 g/mol. The Morgan fingerprint density at radius 1 is 1.04 bits per heavy atom. The van der Waals surface area contributed by atoms with Crippen LogP contribution >= 0.6 is 0 Å².